The number of nitrogens with one attached hydrogen (secondary N) is 2. The molecule has 6 heteroatoms. The van der Waals surface area contributed by atoms with Gasteiger partial charge in [0, 0.05) is 10.7 Å². The van der Waals surface area contributed by atoms with Gasteiger partial charge in [0.15, 0.2) is 5.11 Å². The molecule has 0 heterocycles. The average Bonchev–Trinajstić information content (AvgIpc) is 2.42. The monoisotopic (exact) mass is 340 g/mol. The van der Waals surface area contributed by atoms with Crippen LogP contribution in [-0.2, 0) is 0 Å². The van der Waals surface area contributed by atoms with Crippen LogP contribution in [0.5, 0.6) is 0 Å². The maximum atomic E-state index is 9.57. The summed E-state index contributed by atoms with van der Waals surface area (Å²) in [5, 5.41) is 17.1. The van der Waals surface area contributed by atoms with Gasteiger partial charge in [-0.25, -0.2) is 0 Å². The van der Waals surface area contributed by atoms with Crippen LogP contribution >= 0.6 is 35.4 Å². The predicted molar refractivity (Wildman–Crippen MR) is 93.4 cm³/mol. The van der Waals surface area contributed by atoms with E-state index < -0.39 is 6.10 Å². The summed E-state index contributed by atoms with van der Waals surface area (Å²) < 4.78 is 0. The van der Waals surface area contributed by atoms with Crippen molar-refractivity contribution in [2.24, 2.45) is 0 Å². The summed E-state index contributed by atoms with van der Waals surface area (Å²) in [7, 11) is 0. The van der Waals surface area contributed by atoms with Crippen LogP contribution < -0.4 is 10.6 Å². The topological polar surface area (TPSA) is 44.3 Å². The zero-order chi connectivity index (χ0) is 15.4. The molecule has 0 aliphatic heterocycles. The van der Waals surface area contributed by atoms with Gasteiger partial charge in [-0.1, -0.05) is 35.3 Å². The van der Waals surface area contributed by atoms with Crippen LogP contribution in [0.25, 0.3) is 0 Å². The molecule has 0 fully saturated rings. The summed E-state index contributed by atoms with van der Waals surface area (Å²) in [6.07, 6.45) is -0.529. The highest BCUT2D eigenvalue weighted by Gasteiger charge is 2.05. The maximum absolute atomic E-state index is 9.57. The van der Waals surface area contributed by atoms with E-state index >= 15 is 0 Å². The first-order valence-corrected chi connectivity index (χ1v) is 7.43. The Bertz CT molecular complexity index is 662. The van der Waals surface area contributed by atoms with Crippen molar-refractivity contribution in [3.05, 3.63) is 58.1 Å². The van der Waals surface area contributed by atoms with Gasteiger partial charge in [0.05, 0.1) is 16.8 Å². The van der Waals surface area contributed by atoms with Crippen molar-refractivity contribution in [1.29, 1.82) is 0 Å². The molecule has 0 amide bonds. The summed E-state index contributed by atoms with van der Waals surface area (Å²) in [6.45, 7) is 1.71. The van der Waals surface area contributed by atoms with Gasteiger partial charge in [-0.05, 0) is 55.0 Å². The number of aliphatic hydroxyl groups is 1. The summed E-state index contributed by atoms with van der Waals surface area (Å²) in [4.78, 5) is 0. The van der Waals surface area contributed by atoms with Gasteiger partial charge in [-0.3, -0.25) is 0 Å². The molecule has 0 bridgehead atoms. The van der Waals surface area contributed by atoms with Crippen LogP contribution in [0.4, 0.5) is 11.4 Å². The van der Waals surface area contributed by atoms with Gasteiger partial charge in [-0.2, -0.15) is 0 Å². The van der Waals surface area contributed by atoms with Crippen molar-refractivity contribution >= 4 is 51.9 Å². The molecule has 3 nitrogen and oxygen atoms in total. The standard InChI is InChI=1S/C15H14Cl2N2OS/c1-9(20)10-3-2-4-12(7-10)18-15(21)19-14-6-5-11(16)8-13(14)17/h2-9,20H,1H3,(H2,18,19,21)/t9-/m0/s1. The average molecular weight is 341 g/mol. The predicted octanol–water partition coefficient (Wildman–Crippen LogP) is 4.86. The van der Waals surface area contributed by atoms with Gasteiger partial charge in [0.25, 0.3) is 0 Å². The Morgan fingerprint density at radius 1 is 1.14 bits per heavy atom. The third-order valence-corrected chi connectivity index (χ3v) is 3.56. The summed E-state index contributed by atoms with van der Waals surface area (Å²) in [6, 6.07) is 12.5. The normalized spacial score (nSPS) is 11.8. The SMILES string of the molecule is C[C@H](O)c1cccc(NC(=S)Nc2ccc(Cl)cc2Cl)c1. The van der Waals surface area contributed by atoms with Crippen LogP contribution in [0.3, 0.4) is 0 Å². The molecule has 0 unspecified atom stereocenters. The number of rotatable bonds is 3. The van der Waals surface area contributed by atoms with E-state index in [0.29, 0.717) is 20.8 Å². The first kappa shape index (κ1) is 16.0. The lowest BCUT2D eigenvalue weighted by molar-refractivity contribution is 0.199. The second kappa shape index (κ2) is 7.09. The van der Waals surface area contributed by atoms with E-state index in [1.807, 2.05) is 24.3 Å². The van der Waals surface area contributed by atoms with Gasteiger partial charge in [0.1, 0.15) is 0 Å². The molecular weight excluding hydrogens is 327 g/mol. The molecule has 0 radical (unpaired) electrons. The lowest BCUT2D eigenvalue weighted by atomic mass is 10.1. The van der Waals surface area contributed by atoms with E-state index in [1.54, 1.807) is 25.1 Å². The number of halogens is 2. The third kappa shape index (κ3) is 4.58. The summed E-state index contributed by atoms with van der Waals surface area (Å²) >= 11 is 17.2. The van der Waals surface area contributed by atoms with Crippen molar-refractivity contribution in [3.63, 3.8) is 0 Å². The van der Waals surface area contributed by atoms with Crippen LogP contribution in [0.15, 0.2) is 42.5 Å². The van der Waals surface area contributed by atoms with Crippen molar-refractivity contribution in [1.82, 2.24) is 0 Å². The largest absolute Gasteiger partial charge is 0.389 e. The van der Waals surface area contributed by atoms with E-state index in [9.17, 15) is 5.11 Å². The van der Waals surface area contributed by atoms with Gasteiger partial charge >= 0.3 is 0 Å². The number of anilines is 2. The number of thiocarbonyl (C=S) groups is 1. The molecule has 0 aliphatic carbocycles. The molecule has 0 aromatic heterocycles. The Labute approximate surface area is 138 Å². The van der Waals surface area contributed by atoms with Crippen molar-refractivity contribution in [2.75, 3.05) is 10.6 Å². The number of aliphatic hydroxyl groups excluding tert-OH is 1. The second-order valence-corrected chi connectivity index (χ2v) is 5.76. The number of hydrogen-bond acceptors (Lipinski definition) is 2. The zero-order valence-electron chi connectivity index (χ0n) is 11.2. The highest BCUT2D eigenvalue weighted by atomic mass is 35.5. The molecule has 110 valence electrons. The highest BCUT2D eigenvalue weighted by molar-refractivity contribution is 7.80. The van der Waals surface area contributed by atoms with Crippen LogP contribution in [0.2, 0.25) is 10.0 Å². The van der Waals surface area contributed by atoms with Crippen molar-refractivity contribution < 1.29 is 5.11 Å². The second-order valence-electron chi connectivity index (χ2n) is 4.50. The lowest BCUT2D eigenvalue weighted by Gasteiger charge is -2.13. The Balaban J connectivity index is 2.06. The van der Waals surface area contributed by atoms with Crippen LogP contribution in [-0.4, -0.2) is 10.2 Å². The fourth-order valence-electron chi connectivity index (χ4n) is 1.75. The lowest BCUT2D eigenvalue weighted by Crippen LogP contribution is -2.19. The fraction of sp³-hybridized carbons (Fsp3) is 0.133. The molecule has 0 aliphatic rings. The van der Waals surface area contributed by atoms with Gasteiger partial charge < -0.3 is 15.7 Å². The molecule has 2 aromatic rings. The smallest absolute Gasteiger partial charge is 0.175 e. The van der Waals surface area contributed by atoms with E-state index in [1.165, 1.54) is 0 Å². The molecular formula is C15H14Cl2N2OS. The Hall–Kier alpha value is -1.33. The molecule has 0 saturated heterocycles. The van der Waals surface area contributed by atoms with Gasteiger partial charge in [0.2, 0.25) is 0 Å². The quantitative estimate of drug-likeness (QED) is 0.698. The first-order valence-electron chi connectivity index (χ1n) is 6.27. The minimum absolute atomic E-state index is 0.405. The fourth-order valence-corrected chi connectivity index (χ4v) is 2.44. The minimum atomic E-state index is -0.529. The summed E-state index contributed by atoms with van der Waals surface area (Å²) in [5.74, 6) is 0. The summed E-state index contributed by atoms with van der Waals surface area (Å²) in [5.41, 5.74) is 2.27. The first-order chi connectivity index (χ1) is 9.95. The Kier molecular flexibility index (Phi) is 5.42. The molecule has 0 spiro atoms. The number of benzene rings is 2. The van der Waals surface area contributed by atoms with E-state index in [2.05, 4.69) is 10.6 Å². The van der Waals surface area contributed by atoms with Gasteiger partial charge in [-0.15, -0.1) is 0 Å². The zero-order valence-corrected chi connectivity index (χ0v) is 13.6. The molecule has 1 atom stereocenters. The third-order valence-electron chi connectivity index (χ3n) is 2.81. The molecule has 3 N–H and O–H groups in total. The molecule has 2 rings (SSSR count). The molecule has 0 saturated carbocycles. The van der Waals surface area contributed by atoms with Crippen LogP contribution in [0, 0.1) is 0 Å². The maximum Gasteiger partial charge on any atom is 0.175 e. The van der Waals surface area contributed by atoms with Crippen LogP contribution in [0.1, 0.15) is 18.6 Å². The minimum Gasteiger partial charge on any atom is -0.389 e. The van der Waals surface area contributed by atoms with Crippen molar-refractivity contribution in [3.8, 4) is 0 Å². The van der Waals surface area contributed by atoms with Crippen molar-refractivity contribution in [2.45, 2.75) is 13.0 Å². The Morgan fingerprint density at radius 2 is 1.90 bits per heavy atom. The number of hydrogen-bond donors (Lipinski definition) is 3. The van der Waals surface area contributed by atoms with E-state index in [0.717, 1.165) is 11.3 Å². The van der Waals surface area contributed by atoms with E-state index in [4.69, 9.17) is 35.4 Å². The Morgan fingerprint density at radius 3 is 2.57 bits per heavy atom. The van der Waals surface area contributed by atoms with E-state index in [-0.39, 0.29) is 0 Å². The molecule has 21 heavy (non-hydrogen) atoms. The highest BCUT2D eigenvalue weighted by Crippen LogP contribution is 2.25. The molecule has 2 aromatic carbocycles.